The Morgan fingerprint density at radius 2 is 1.29 bits per heavy atom. The number of hydrogen-bond donors (Lipinski definition) is 1. The van der Waals surface area contributed by atoms with Crippen molar-refractivity contribution in [1.82, 2.24) is 0 Å². The van der Waals surface area contributed by atoms with Crippen molar-refractivity contribution in [2.45, 2.75) is 18.0 Å². The molecule has 1 unspecified atom stereocenters. The second kappa shape index (κ2) is 4.06. The summed E-state index contributed by atoms with van der Waals surface area (Å²) in [6.45, 7) is 0. The molecule has 0 radical (unpaired) electrons. The van der Waals surface area contributed by atoms with E-state index in [1.807, 2.05) is 0 Å². The molecule has 1 N–H and O–H groups in total. The Morgan fingerprint density at radius 3 is 1.65 bits per heavy atom. The van der Waals surface area contributed by atoms with Crippen molar-refractivity contribution in [1.29, 1.82) is 0 Å². The van der Waals surface area contributed by atoms with Crippen molar-refractivity contribution in [3.05, 3.63) is 34.9 Å². The first-order chi connectivity index (χ1) is 7.50. The van der Waals surface area contributed by atoms with E-state index in [4.69, 9.17) is 16.7 Å². The summed E-state index contributed by atoms with van der Waals surface area (Å²) in [7, 11) is 0. The number of hydrogen-bond acceptors (Lipinski definition) is 1. The van der Waals surface area contributed by atoms with Crippen LogP contribution >= 0.6 is 11.6 Å². The Bertz CT molecular complexity index is 397. The highest BCUT2D eigenvalue weighted by Gasteiger charge is 2.71. The van der Waals surface area contributed by atoms with Crippen LogP contribution < -0.4 is 0 Å². The van der Waals surface area contributed by atoms with Crippen LogP contribution in [0.5, 0.6) is 0 Å². The zero-order valence-corrected chi connectivity index (χ0v) is 8.66. The van der Waals surface area contributed by atoms with Gasteiger partial charge < -0.3 is 5.11 Å². The molecule has 0 spiro atoms. The molecule has 17 heavy (non-hydrogen) atoms. The first-order valence-electron chi connectivity index (χ1n) is 4.12. The SMILES string of the molecule is OC(F)(C(F)(F)F)C(F)(F)c1ccc(Cl)cc1. The van der Waals surface area contributed by atoms with Gasteiger partial charge in [0.25, 0.3) is 0 Å². The monoisotopic (exact) mass is 278 g/mol. The first-order valence-corrected chi connectivity index (χ1v) is 4.50. The van der Waals surface area contributed by atoms with Crippen LogP contribution in [0.3, 0.4) is 0 Å². The van der Waals surface area contributed by atoms with Crippen LogP contribution in [0.25, 0.3) is 0 Å². The lowest BCUT2D eigenvalue weighted by molar-refractivity contribution is -0.390. The minimum atomic E-state index is -6.11. The van der Waals surface area contributed by atoms with Crippen LogP contribution in [0.4, 0.5) is 26.3 Å². The van der Waals surface area contributed by atoms with E-state index in [9.17, 15) is 26.3 Å². The Kier molecular flexibility index (Phi) is 3.37. The highest BCUT2D eigenvalue weighted by molar-refractivity contribution is 6.30. The van der Waals surface area contributed by atoms with Crippen LogP contribution in [0.1, 0.15) is 5.56 Å². The summed E-state index contributed by atoms with van der Waals surface area (Å²) in [5.41, 5.74) is -1.33. The predicted octanol–water partition coefficient (Wildman–Crippen LogP) is 3.65. The van der Waals surface area contributed by atoms with Crippen molar-refractivity contribution < 1.29 is 31.4 Å². The van der Waals surface area contributed by atoms with Crippen LogP contribution in [-0.4, -0.2) is 17.1 Å². The van der Waals surface area contributed by atoms with Gasteiger partial charge in [-0.25, -0.2) is 0 Å². The molecule has 1 rings (SSSR count). The second-order valence-electron chi connectivity index (χ2n) is 3.20. The largest absolute Gasteiger partial charge is 0.455 e. The zero-order chi connectivity index (χ0) is 13.5. The van der Waals surface area contributed by atoms with Gasteiger partial charge in [0.15, 0.2) is 0 Å². The lowest BCUT2D eigenvalue weighted by atomic mass is 10.0. The van der Waals surface area contributed by atoms with Gasteiger partial charge in [0.2, 0.25) is 0 Å². The van der Waals surface area contributed by atoms with E-state index in [1.165, 1.54) is 0 Å². The highest BCUT2D eigenvalue weighted by atomic mass is 35.5. The molecule has 0 saturated carbocycles. The van der Waals surface area contributed by atoms with Gasteiger partial charge in [-0.15, -0.1) is 0 Å². The van der Waals surface area contributed by atoms with Gasteiger partial charge in [0, 0.05) is 10.6 Å². The van der Waals surface area contributed by atoms with Crippen molar-refractivity contribution >= 4 is 11.6 Å². The van der Waals surface area contributed by atoms with E-state index >= 15 is 0 Å². The summed E-state index contributed by atoms with van der Waals surface area (Å²) < 4.78 is 75.0. The van der Waals surface area contributed by atoms with Crippen LogP contribution in [0, 0.1) is 0 Å². The highest BCUT2D eigenvalue weighted by Crippen LogP contribution is 2.48. The third-order valence-corrected chi connectivity index (χ3v) is 2.25. The molecule has 1 aromatic carbocycles. The first kappa shape index (κ1) is 14.1. The fraction of sp³-hybridized carbons (Fsp3) is 0.333. The molecular weight excluding hydrogens is 274 g/mol. The van der Waals surface area contributed by atoms with Crippen molar-refractivity contribution in [2.24, 2.45) is 0 Å². The molecule has 8 heteroatoms. The molecule has 1 aromatic rings. The second-order valence-corrected chi connectivity index (χ2v) is 3.64. The molecule has 96 valence electrons. The summed E-state index contributed by atoms with van der Waals surface area (Å²) in [6, 6.07) is 2.71. The van der Waals surface area contributed by atoms with E-state index in [0.29, 0.717) is 12.1 Å². The van der Waals surface area contributed by atoms with Crippen LogP contribution in [0.2, 0.25) is 5.02 Å². The Hall–Kier alpha value is -0.950. The average Bonchev–Trinajstić information content (AvgIpc) is 2.16. The molecule has 0 aliphatic rings. The lowest BCUT2D eigenvalue weighted by Crippen LogP contribution is -2.53. The molecule has 0 aromatic heterocycles. The Balaban J connectivity index is 3.23. The van der Waals surface area contributed by atoms with Gasteiger partial charge in [-0.1, -0.05) is 23.7 Å². The van der Waals surface area contributed by atoms with Gasteiger partial charge in [0.1, 0.15) is 0 Å². The van der Waals surface area contributed by atoms with Gasteiger partial charge in [0.05, 0.1) is 0 Å². The maximum atomic E-state index is 13.2. The third kappa shape index (κ3) is 2.35. The standard InChI is InChI=1S/C9H5ClF6O/c10-6-3-1-5(2-4-6)7(11,12)8(13,17)9(14,15)16/h1-4,17H. The molecule has 0 heterocycles. The van der Waals surface area contributed by atoms with Crippen molar-refractivity contribution in [2.75, 3.05) is 0 Å². The van der Waals surface area contributed by atoms with Gasteiger partial charge in [-0.3, -0.25) is 0 Å². The molecule has 0 fully saturated rings. The van der Waals surface area contributed by atoms with E-state index < -0.39 is 23.5 Å². The van der Waals surface area contributed by atoms with Crippen molar-refractivity contribution in [3.8, 4) is 0 Å². The van der Waals surface area contributed by atoms with E-state index in [-0.39, 0.29) is 5.02 Å². The summed E-state index contributed by atoms with van der Waals surface area (Å²) in [6.07, 6.45) is -6.11. The minimum absolute atomic E-state index is 0.0149. The van der Waals surface area contributed by atoms with E-state index in [1.54, 1.807) is 0 Å². The number of halogens is 7. The number of alkyl halides is 6. The lowest BCUT2D eigenvalue weighted by Gasteiger charge is -2.30. The molecule has 0 saturated heterocycles. The molecule has 0 bridgehead atoms. The van der Waals surface area contributed by atoms with E-state index in [2.05, 4.69) is 0 Å². The Morgan fingerprint density at radius 1 is 0.882 bits per heavy atom. The summed E-state index contributed by atoms with van der Waals surface area (Å²) in [4.78, 5) is 0. The molecular formula is C9H5ClF6O. The van der Waals surface area contributed by atoms with Gasteiger partial charge in [-0.05, 0) is 12.1 Å². The predicted molar refractivity (Wildman–Crippen MR) is 47.5 cm³/mol. The minimum Gasteiger partial charge on any atom is -0.350 e. The summed E-state index contributed by atoms with van der Waals surface area (Å²) in [5, 5.41) is 8.31. The number of benzene rings is 1. The molecule has 0 amide bonds. The molecule has 1 atom stereocenters. The van der Waals surface area contributed by atoms with Crippen molar-refractivity contribution in [3.63, 3.8) is 0 Å². The maximum absolute atomic E-state index is 13.2. The summed E-state index contributed by atoms with van der Waals surface area (Å²) in [5.74, 6) is -10.8. The number of rotatable bonds is 2. The van der Waals surface area contributed by atoms with Gasteiger partial charge in [-0.2, -0.15) is 26.3 Å². The normalized spacial score (nSPS) is 16.7. The fourth-order valence-corrected chi connectivity index (χ4v) is 1.15. The van der Waals surface area contributed by atoms with Crippen LogP contribution in [-0.2, 0) is 5.92 Å². The number of aliphatic hydroxyl groups is 1. The smallest absolute Gasteiger partial charge is 0.350 e. The molecule has 0 aliphatic heterocycles. The Labute approximate surface area is 96.6 Å². The van der Waals surface area contributed by atoms with Crippen LogP contribution in [0.15, 0.2) is 24.3 Å². The quantitative estimate of drug-likeness (QED) is 0.819. The average molecular weight is 279 g/mol. The maximum Gasteiger partial charge on any atom is 0.455 e. The zero-order valence-electron chi connectivity index (χ0n) is 7.90. The van der Waals surface area contributed by atoms with E-state index in [0.717, 1.165) is 12.1 Å². The fourth-order valence-electron chi connectivity index (χ4n) is 1.03. The van der Waals surface area contributed by atoms with Gasteiger partial charge >= 0.3 is 18.0 Å². The summed E-state index contributed by atoms with van der Waals surface area (Å²) >= 11 is 5.34. The molecule has 0 aliphatic carbocycles. The third-order valence-electron chi connectivity index (χ3n) is 2.00. The topological polar surface area (TPSA) is 20.2 Å². The molecule has 1 nitrogen and oxygen atoms in total.